The molecule has 44 heavy (non-hydrogen) atoms. The average Bonchev–Trinajstić information content (AvgIpc) is 3.01. The van der Waals surface area contributed by atoms with E-state index < -0.39 is 18.3 Å². The number of ether oxygens (including phenoxy) is 4. The standard InChI is InChI=1S/C37H52O7/c1-25(31-7-13-35(14-8-31)42-22-28(4)39)19-34(33-11-17-36(18-12-33)43-23-29(5)40)20-26(2)32-9-15-37(16-10-32)44-24-30(6)41-21-27(3)38/h7-18,25-30,34,38-40H,19-24H2,1-6H3. The van der Waals surface area contributed by atoms with E-state index in [2.05, 4.69) is 50.2 Å². The van der Waals surface area contributed by atoms with E-state index >= 15 is 0 Å². The van der Waals surface area contributed by atoms with Crippen LogP contribution in [-0.2, 0) is 4.74 Å². The molecule has 3 rings (SSSR count). The topological polar surface area (TPSA) is 97.6 Å². The van der Waals surface area contributed by atoms with Gasteiger partial charge < -0.3 is 34.3 Å². The van der Waals surface area contributed by atoms with E-state index in [1.165, 1.54) is 16.7 Å². The van der Waals surface area contributed by atoms with Crippen LogP contribution in [0.3, 0.4) is 0 Å². The van der Waals surface area contributed by atoms with Crippen LogP contribution < -0.4 is 14.2 Å². The second-order valence-electron chi connectivity index (χ2n) is 12.3. The molecule has 0 heterocycles. The maximum absolute atomic E-state index is 9.59. The van der Waals surface area contributed by atoms with Gasteiger partial charge in [-0.2, -0.15) is 0 Å². The summed E-state index contributed by atoms with van der Waals surface area (Å²) in [5.41, 5.74) is 3.76. The Bertz CT molecular complexity index is 1190. The van der Waals surface area contributed by atoms with Gasteiger partial charge >= 0.3 is 0 Å². The Kier molecular flexibility index (Phi) is 14.5. The number of rotatable bonds is 19. The van der Waals surface area contributed by atoms with Gasteiger partial charge in [0.2, 0.25) is 0 Å². The molecule has 7 nitrogen and oxygen atoms in total. The highest BCUT2D eigenvalue weighted by Gasteiger charge is 2.21. The van der Waals surface area contributed by atoms with E-state index in [9.17, 15) is 15.3 Å². The minimum Gasteiger partial charge on any atom is -0.491 e. The third-order valence-electron chi connectivity index (χ3n) is 7.61. The predicted octanol–water partition coefficient (Wildman–Crippen LogP) is 6.84. The normalized spacial score (nSPS) is 16.3. The maximum Gasteiger partial charge on any atom is 0.119 e. The molecule has 0 aliphatic rings. The highest BCUT2D eigenvalue weighted by Crippen LogP contribution is 2.38. The van der Waals surface area contributed by atoms with Crippen molar-refractivity contribution < 1.29 is 34.3 Å². The zero-order chi connectivity index (χ0) is 32.1. The van der Waals surface area contributed by atoms with Crippen molar-refractivity contribution in [1.29, 1.82) is 0 Å². The molecule has 3 aromatic carbocycles. The van der Waals surface area contributed by atoms with E-state index in [0.717, 1.165) is 30.1 Å². The van der Waals surface area contributed by atoms with Gasteiger partial charge in [-0.1, -0.05) is 50.2 Å². The van der Waals surface area contributed by atoms with Gasteiger partial charge in [0.05, 0.1) is 31.0 Å². The first kappa shape index (κ1) is 35.4. The molecule has 0 radical (unpaired) electrons. The van der Waals surface area contributed by atoms with Crippen molar-refractivity contribution in [3.05, 3.63) is 89.5 Å². The number of aliphatic hydroxyl groups is 3. The zero-order valence-electron chi connectivity index (χ0n) is 27.2. The van der Waals surface area contributed by atoms with Crippen LogP contribution in [0.1, 0.15) is 88.8 Å². The van der Waals surface area contributed by atoms with Crippen LogP contribution in [0.2, 0.25) is 0 Å². The highest BCUT2D eigenvalue weighted by atomic mass is 16.5. The minimum absolute atomic E-state index is 0.109. The van der Waals surface area contributed by atoms with Gasteiger partial charge in [-0.3, -0.25) is 0 Å². The Morgan fingerprint density at radius 3 is 1.16 bits per heavy atom. The molecule has 242 valence electrons. The minimum atomic E-state index is -0.517. The van der Waals surface area contributed by atoms with Crippen molar-refractivity contribution in [2.24, 2.45) is 0 Å². The van der Waals surface area contributed by atoms with Gasteiger partial charge in [-0.25, -0.2) is 0 Å². The second kappa shape index (κ2) is 18.0. The van der Waals surface area contributed by atoms with Gasteiger partial charge in [-0.05, 0) is 111 Å². The van der Waals surface area contributed by atoms with Crippen LogP contribution in [0.25, 0.3) is 0 Å². The molecule has 0 amide bonds. The van der Waals surface area contributed by atoms with Crippen molar-refractivity contribution >= 4 is 0 Å². The zero-order valence-corrected chi connectivity index (χ0v) is 27.2. The molecule has 0 fully saturated rings. The SMILES string of the molecule is CC(O)COc1ccc(C(C)CC(CC(C)c2ccc(OCC(C)OCC(C)O)cc2)c2ccc(OCC(C)O)cc2)cc1. The third-order valence-corrected chi connectivity index (χ3v) is 7.61. The summed E-state index contributed by atoms with van der Waals surface area (Å²) in [6.07, 6.45) is 0.316. The Hall–Kier alpha value is -3.10. The van der Waals surface area contributed by atoms with Crippen molar-refractivity contribution in [3.8, 4) is 17.2 Å². The van der Waals surface area contributed by atoms with E-state index in [1.807, 2.05) is 43.3 Å². The lowest BCUT2D eigenvalue weighted by Gasteiger charge is -2.26. The molecule has 0 saturated heterocycles. The summed E-state index contributed by atoms with van der Waals surface area (Å²) >= 11 is 0. The van der Waals surface area contributed by atoms with Crippen LogP contribution in [0.5, 0.6) is 17.2 Å². The molecule has 7 atom stereocenters. The molecule has 0 saturated carbocycles. The maximum atomic E-state index is 9.59. The Morgan fingerprint density at radius 1 is 0.455 bits per heavy atom. The Balaban J connectivity index is 1.69. The highest BCUT2D eigenvalue weighted by molar-refractivity contribution is 5.34. The molecule has 3 N–H and O–H groups in total. The molecule has 7 unspecified atom stereocenters. The van der Waals surface area contributed by atoms with Crippen LogP contribution in [-0.4, -0.2) is 66.2 Å². The van der Waals surface area contributed by atoms with Gasteiger partial charge in [-0.15, -0.1) is 0 Å². The number of benzene rings is 3. The molecular weight excluding hydrogens is 556 g/mol. The van der Waals surface area contributed by atoms with Gasteiger partial charge in [0.15, 0.2) is 0 Å². The molecule has 0 aromatic heterocycles. The molecule has 0 aliphatic carbocycles. The number of hydrogen-bond donors (Lipinski definition) is 3. The number of aliphatic hydroxyl groups excluding tert-OH is 3. The quantitative estimate of drug-likeness (QED) is 0.137. The second-order valence-corrected chi connectivity index (χ2v) is 12.3. The fourth-order valence-corrected chi connectivity index (χ4v) is 5.11. The summed E-state index contributed by atoms with van der Waals surface area (Å²) in [4.78, 5) is 0. The first-order valence-corrected chi connectivity index (χ1v) is 15.8. The molecule has 0 bridgehead atoms. The first-order chi connectivity index (χ1) is 21.0. The van der Waals surface area contributed by atoms with E-state index in [0.29, 0.717) is 31.0 Å². The summed E-state index contributed by atoms with van der Waals surface area (Å²) in [7, 11) is 0. The summed E-state index contributed by atoms with van der Waals surface area (Å²) in [5, 5.41) is 28.5. The van der Waals surface area contributed by atoms with E-state index in [1.54, 1.807) is 20.8 Å². The smallest absolute Gasteiger partial charge is 0.119 e. The van der Waals surface area contributed by atoms with Crippen molar-refractivity contribution in [1.82, 2.24) is 0 Å². The van der Waals surface area contributed by atoms with Gasteiger partial charge in [0.25, 0.3) is 0 Å². The fraction of sp³-hybridized carbons (Fsp3) is 0.514. The molecular formula is C37H52O7. The van der Waals surface area contributed by atoms with Crippen LogP contribution in [0.15, 0.2) is 72.8 Å². The van der Waals surface area contributed by atoms with Crippen LogP contribution in [0.4, 0.5) is 0 Å². The molecule has 7 heteroatoms. The third kappa shape index (κ3) is 12.5. The summed E-state index contributed by atoms with van der Waals surface area (Å²) in [6.45, 7) is 12.9. The molecule has 3 aromatic rings. The monoisotopic (exact) mass is 608 g/mol. The molecule has 0 aliphatic heterocycles. The van der Waals surface area contributed by atoms with Crippen molar-refractivity contribution in [2.75, 3.05) is 26.4 Å². The average molecular weight is 609 g/mol. The summed E-state index contributed by atoms with van der Waals surface area (Å²) < 4.78 is 22.9. The van der Waals surface area contributed by atoms with E-state index in [-0.39, 0.29) is 19.3 Å². The first-order valence-electron chi connectivity index (χ1n) is 15.8. The summed E-state index contributed by atoms with van der Waals surface area (Å²) in [5.74, 6) is 3.25. The van der Waals surface area contributed by atoms with Crippen molar-refractivity contribution in [2.45, 2.75) is 96.6 Å². The van der Waals surface area contributed by atoms with Crippen LogP contribution in [0, 0.1) is 0 Å². The lowest BCUT2D eigenvalue weighted by molar-refractivity contribution is -0.0132. The summed E-state index contributed by atoms with van der Waals surface area (Å²) in [6, 6.07) is 24.8. The molecule has 0 spiro atoms. The van der Waals surface area contributed by atoms with Gasteiger partial charge in [0.1, 0.15) is 37.1 Å². The van der Waals surface area contributed by atoms with E-state index in [4.69, 9.17) is 18.9 Å². The Labute approximate surface area is 263 Å². The Morgan fingerprint density at radius 2 is 0.795 bits per heavy atom. The fourth-order valence-electron chi connectivity index (χ4n) is 5.11. The van der Waals surface area contributed by atoms with Gasteiger partial charge in [0, 0.05) is 0 Å². The van der Waals surface area contributed by atoms with Crippen LogP contribution >= 0.6 is 0 Å². The number of hydrogen-bond acceptors (Lipinski definition) is 7. The largest absolute Gasteiger partial charge is 0.491 e. The predicted molar refractivity (Wildman–Crippen MR) is 175 cm³/mol. The lowest BCUT2D eigenvalue weighted by Crippen LogP contribution is -2.22. The van der Waals surface area contributed by atoms with Crippen molar-refractivity contribution in [3.63, 3.8) is 0 Å². The lowest BCUT2D eigenvalue weighted by atomic mass is 9.79.